The highest BCUT2D eigenvalue weighted by atomic mass is 15.1. The van der Waals surface area contributed by atoms with E-state index in [1.165, 1.54) is 212 Å². The van der Waals surface area contributed by atoms with Gasteiger partial charge in [-0.1, -0.05) is 201 Å². The summed E-state index contributed by atoms with van der Waals surface area (Å²) in [5.41, 5.74) is 0. The first-order valence-corrected chi connectivity index (χ1v) is 19.0. The van der Waals surface area contributed by atoms with E-state index in [1.54, 1.807) is 0 Å². The minimum absolute atomic E-state index is 0.862. The zero-order valence-electron chi connectivity index (χ0n) is 28.4. The lowest BCUT2D eigenvalue weighted by atomic mass is 9.97. The van der Waals surface area contributed by atoms with E-state index >= 15 is 0 Å². The average Bonchev–Trinajstić information content (AvgIpc) is 2.95. The van der Waals surface area contributed by atoms with Gasteiger partial charge in [0.1, 0.15) is 0 Å². The number of unbranched alkanes of at least 4 members (excludes halogenated alkanes) is 25. The number of hydrogen-bond donors (Lipinski definition) is 0. The molecule has 1 unspecified atom stereocenters. The third-order valence-corrected chi connectivity index (χ3v) is 9.15. The molecule has 0 aliphatic carbocycles. The molecule has 0 aromatic heterocycles. The highest BCUT2D eigenvalue weighted by Gasteiger charge is 2.17. The molecule has 0 heterocycles. The minimum atomic E-state index is 0.862. The molecule has 0 bridgehead atoms. The lowest BCUT2D eigenvalue weighted by Crippen LogP contribution is -2.37. The Kier molecular flexibility index (Phi) is 34.1. The van der Waals surface area contributed by atoms with Crippen LogP contribution in [0.1, 0.15) is 227 Å². The molecule has 39 heavy (non-hydrogen) atoms. The molecule has 0 aliphatic rings. The van der Waals surface area contributed by atoms with Crippen LogP contribution in [-0.2, 0) is 0 Å². The van der Waals surface area contributed by atoms with Crippen molar-refractivity contribution >= 4 is 0 Å². The highest BCUT2D eigenvalue weighted by molar-refractivity contribution is 4.73. The standard InChI is InChI=1S/C38H79N/c1-5-9-13-17-21-23-27-31-35-38(34-30-26-22-18-14-10-6-2)39(36-32-28-24-19-15-11-7-3)37-33-29-25-20-16-12-8-4/h38H,5-37H2,1-4H3. The maximum Gasteiger partial charge on any atom is 0.00952 e. The molecular weight excluding hydrogens is 470 g/mol. The largest absolute Gasteiger partial charge is 0.300 e. The Bertz CT molecular complexity index is 401. The quantitative estimate of drug-likeness (QED) is 0.0721. The normalized spacial score (nSPS) is 12.5. The van der Waals surface area contributed by atoms with Gasteiger partial charge in [-0.05, 0) is 38.8 Å². The van der Waals surface area contributed by atoms with E-state index in [-0.39, 0.29) is 0 Å². The molecule has 0 aromatic carbocycles. The second kappa shape index (κ2) is 34.2. The molecule has 0 radical (unpaired) electrons. The molecule has 0 rings (SSSR count). The summed E-state index contributed by atoms with van der Waals surface area (Å²) in [5.74, 6) is 0. The molecule has 1 nitrogen and oxygen atoms in total. The third-order valence-electron chi connectivity index (χ3n) is 9.15. The van der Waals surface area contributed by atoms with E-state index in [2.05, 4.69) is 32.6 Å². The molecule has 0 N–H and O–H groups in total. The molecular formula is C38H79N. The molecule has 0 amide bonds. The van der Waals surface area contributed by atoms with Crippen LogP contribution in [-0.4, -0.2) is 24.0 Å². The molecule has 1 heteroatoms. The van der Waals surface area contributed by atoms with Crippen LogP contribution in [0.5, 0.6) is 0 Å². The van der Waals surface area contributed by atoms with Crippen molar-refractivity contribution < 1.29 is 0 Å². The van der Waals surface area contributed by atoms with Crippen molar-refractivity contribution in [3.63, 3.8) is 0 Å². The smallest absolute Gasteiger partial charge is 0.00952 e. The first-order valence-electron chi connectivity index (χ1n) is 19.0. The molecule has 0 fully saturated rings. The van der Waals surface area contributed by atoms with Crippen molar-refractivity contribution in [1.82, 2.24) is 4.90 Å². The van der Waals surface area contributed by atoms with Gasteiger partial charge in [0.25, 0.3) is 0 Å². The van der Waals surface area contributed by atoms with Gasteiger partial charge < -0.3 is 4.90 Å². The SMILES string of the molecule is CCCCCCCCCCC(CCCCCCCCC)N(CCCCCCCCC)CCCCCCCCC. The fourth-order valence-electron chi connectivity index (χ4n) is 6.38. The van der Waals surface area contributed by atoms with Gasteiger partial charge in [0.05, 0.1) is 0 Å². The van der Waals surface area contributed by atoms with Crippen LogP contribution in [0.2, 0.25) is 0 Å². The third kappa shape index (κ3) is 29.3. The molecule has 0 saturated heterocycles. The van der Waals surface area contributed by atoms with Crippen LogP contribution in [0.25, 0.3) is 0 Å². The lowest BCUT2D eigenvalue weighted by Gasteiger charge is -2.32. The Morgan fingerprint density at radius 3 is 0.795 bits per heavy atom. The van der Waals surface area contributed by atoms with Crippen molar-refractivity contribution in [2.45, 2.75) is 233 Å². The van der Waals surface area contributed by atoms with Crippen molar-refractivity contribution in [2.75, 3.05) is 13.1 Å². The lowest BCUT2D eigenvalue weighted by molar-refractivity contribution is 0.163. The van der Waals surface area contributed by atoms with Crippen molar-refractivity contribution in [2.24, 2.45) is 0 Å². The summed E-state index contributed by atoms with van der Waals surface area (Å²) < 4.78 is 0. The Morgan fingerprint density at radius 1 is 0.282 bits per heavy atom. The van der Waals surface area contributed by atoms with Crippen LogP contribution in [0.4, 0.5) is 0 Å². The Balaban J connectivity index is 4.71. The summed E-state index contributed by atoms with van der Waals surface area (Å²) in [6, 6.07) is 0.862. The Hall–Kier alpha value is -0.0400. The van der Waals surface area contributed by atoms with Crippen LogP contribution >= 0.6 is 0 Å². The van der Waals surface area contributed by atoms with Gasteiger partial charge in [0, 0.05) is 6.04 Å². The summed E-state index contributed by atoms with van der Waals surface area (Å²) in [6.07, 6.45) is 44.9. The van der Waals surface area contributed by atoms with E-state index < -0.39 is 0 Å². The van der Waals surface area contributed by atoms with Crippen LogP contribution < -0.4 is 0 Å². The molecule has 0 aromatic rings. The maximum atomic E-state index is 3.01. The molecule has 0 spiro atoms. The number of rotatable bonds is 34. The van der Waals surface area contributed by atoms with Gasteiger partial charge in [-0.2, -0.15) is 0 Å². The van der Waals surface area contributed by atoms with E-state index in [4.69, 9.17) is 0 Å². The summed E-state index contributed by atoms with van der Waals surface area (Å²) in [7, 11) is 0. The molecule has 0 aliphatic heterocycles. The molecule has 0 saturated carbocycles. The van der Waals surface area contributed by atoms with Gasteiger partial charge in [-0.25, -0.2) is 0 Å². The fraction of sp³-hybridized carbons (Fsp3) is 1.00. The topological polar surface area (TPSA) is 3.24 Å². The van der Waals surface area contributed by atoms with Gasteiger partial charge in [-0.3, -0.25) is 0 Å². The summed E-state index contributed by atoms with van der Waals surface area (Å²) in [6.45, 7) is 12.1. The van der Waals surface area contributed by atoms with Crippen molar-refractivity contribution in [3.8, 4) is 0 Å². The highest BCUT2D eigenvalue weighted by Crippen LogP contribution is 2.21. The second-order valence-electron chi connectivity index (χ2n) is 13.1. The van der Waals surface area contributed by atoms with Crippen LogP contribution in [0.3, 0.4) is 0 Å². The predicted octanol–water partition coefficient (Wildman–Crippen LogP) is 13.8. The maximum absolute atomic E-state index is 3.01. The van der Waals surface area contributed by atoms with E-state index in [1.807, 2.05) is 0 Å². The first-order chi connectivity index (χ1) is 19.3. The average molecular weight is 550 g/mol. The minimum Gasteiger partial charge on any atom is -0.300 e. The second-order valence-corrected chi connectivity index (χ2v) is 13.1. The van der Waals surface area contributed by atoms with Crippen LogP contribution in [0, 0.1) is 0 Å². The van der Waals surface area contributed by atoms with Gasteiger partial charge in [-0.15, -0.1) is 0 Å². The zero-order chi connectivity index (χ0) is 28.5. The number of nitrogens with zero attached hydrogens (tertiary/aromatic N) is 1. The Labute approximate surface area is 250 Å². The summed E-state index contributed by atoms with van der Waals surface area (Å²) >= 11 is 0. The van der Waals surface area contributed by atoms with Crippen LogP contribution in [0.15, 0.2) is 0 Å². The summed E-state index contributed by atoms with van der Waals surface area (Å²) in [5, 5.41) is 0. The van der Waals surface area contributed by atoms with Crippen molar-refractivity contribution in [1.29, 1.82) is 0 Å². The molecule has 1 atom stereocenters. The number of hydrogen-bond acceptors (Lipinski definition) is 1. The molecule has 236 valence electrons. The van der Waals surface area contributed by atoms with Gasteiger partial charge >= 0.3 is 0 Å². The van der Waals surface area contributed by atoms with E-state index in [0.29, 0.717) is 0 Å². The Morgan fingerprint density at radius 2 is 0.513 bits per heavy atom. The fourth-order valence-corrected chi connectivity index (χ4v) is 6.38. The van der Waals surface area contributed by atoms with E-state index in [9.17, 15) is 0 Å². The zero-order valence-corrected chi connectivity index (χ0v) is 28.4. The van der Waals surface area contributed by atoms with Gasteiger partial charge in [0.2, 0.25) is 0 Å². The first kappa shape index (κ1) is 39.0. The van der Waals surface area contributed by atoms with E-state index in [0.717, 1.165) is 6.04 Å². The predicted molar refractivity (Wildman–Crippen MR) is 181 cm³/mol. The van der Waals surface area contributed by atoms with Gasteiger partial charge in [0.15, 0.2) is 0 Å². The monoisotopic (exact) mass is 550 g/mol. The summed E-state index contributed by atoms with van der Waals surface area (Å²) in [4.78, 5) is 3.01. The van der Waals surface area contributed by atoms with Crippen molar-refractivity contribution in [3.05, 3.63) is 0 Å².